The molecule has 0 aromatic rings. The van der Waals surface area contributed by atoms with E-state index in [-0.39, 0.29) is 12.1 Å². The Labute approximate surface area is 103 Å². The van der Waals surface area contributed by atoms with E-state index in [4.69, 9.17) is 4.74 Å². The maximum Gasteiger partial charge on any atom is 0.410 e. The zero-order valence-electron chi connectivity index (χ0n) is 11.4. The Morgan fingerprint density at radius 2 is 1.88 bits per heavy atom. The number of nitrogens with zero attached hydrogens (tertiary/aromatic N) is 1. The van der Waals surface area contributed by atoms with Crippen molar-refractivity contribution in [2.45, 2.75) is 45.3 Å². The van der Waals surface area contributed by atoms with E-state index in [1.165, 1.54) is 4.90 Å². The van der Waals surface area contributed by atoms with E-state index in [1.54, 1.807) is 14.2 Å². The number of ether oxygens (including phenoxy) is 2. The van der Waals surface area contributed by atoms with Crippen LogP contribution >= 0.6 is 0 Å². The lowest BCUT2D eigenvalue weighted by molar-refractivity contribution is -0.111. The quantitative estimate of drug-likeness (QED) is 0.661. The number of likely N-dealkylation sites (tertiary alicyclic amines) is 1. The molecule has 1 rings (SSSR count). The highest BCUT2D eigenvalue weighted by Crippen LogP contribution is 2.19. The van der Waals surface area contributed by atoms with E-state index < -0.39 is 5.60 Å². The summed E-state index contributed by atoms with van der Waals surface area (Å²) in [6, 6.07) is -0.287. The van der Waals surface area contributed by atoms with Crippen LogP contribution in [0.3, 0.4) is 0 Å². The van der Waals surface area contributed by atoms with Crippen LogP contribution in [0.5, 0.6) is 0 Å². The minimum absolute atomic E-state index is 0.287. The first kappa shape index (κ1) is 15.9. The zero-order valence-corrected chi connectivity index (χ0v) is 11.4. The van der Waals surface area contributed by atoms with E-state index >= 15 is 0 Å². The summed E-state index contributed by atoms with van der Waals surface area (Å²) in [7, 11) is 3.25. The minimum atomic E-state index is -0.493. The van der Waals surface area contributed by atoms with Crippen LogP contribution in [-0.2, 0) is 14.3 Å². The van der Waals surface area contributed by atoms with Crippen molar-refractivity contribution in [3.8, 4) is 0 Å². The number of carbonyl (C=O) groups is 2. The highest BCUT2D eigenvalue weighted by Gasteiger charge is 2.31. The number of methoxy groups -OCH3 is 1. The molecule has 17 heavy (non-hydrogen) atoms. The van der Waals surface area contributed by atoms with Crippen molar-refractivity contribution < 1.29 is 19.1 Å². The Kier molecular flexibility index (Phi) is 6.80. The fourth-order valence-corrected chi connectivity index (χ4v) is 1.48. The molecule has 0 saturated carbocycles. The topological polar surface area (TPSA) is 55.8 Å². The van der Waals surface area contributed by atoms with Crippen LogP contribution in [0, 0.1) is 0 Å². The molecule has 0 aliphatic carbocycles. The van der Waals surface area contributed by atoms with Crippen LogP contribution in [0.25, 0.3) is 0 Å². The number of hydrogen-bond donors (Lipinski definition) is 0. The van der Waals surface area contributed by atoms with Crippen LogP contribution in [0.1, 0.15) is 33.6 Å². The number of carbonyl (C=O) groups excluding carboxylic acids is 2. The van der Waals surface area contributed by atoms with Crippen LogP contribution in [-0.4, -0.2) is 49.7 Å². The summed E-state index contributed by atoms with van der Waals surface area (Å²) in [5.74, 6) is 0. The molecule has 1 heterocycles. The first-order valence-corrected chi connectivity index (χ1v) is 5.70. The highest BCUT2D eigenvalue weighted by atomic mass is 16.6. The molecule has 1 fully saturated rings. The Bertz CT molecular complexity index is 247. The second-order valence-electron chi connectivity index (χ2n) is 4.93. The van der Waals surface area contributed by atoms with Crippen molar-refractivity contribution in [1.29, 1.82) is 0 Å². The molecule has 5 heteroatoms. The van der Waals surface area contributed by atoms with Gasteiger partial charge >= 0.3 is 6.09 Å². The summed E-state index contributed by atoms with van der Waals surface area (Å²) in [6.45, 7) is 6.07. The van der Waals surface area contributed by atoms with E-state index in [0.717, 1.165) is 19.1 Å². The summed E-state index contributed by atoms with van der Waals surface area (Å²) in [4.78, 5) is 23.7. The molecule has 0 bridgehead atoms. The van der Waals surface area contributed by atoms with Gasteiger partial charge in [0.2, 0.25) is 0 Å². The molecule has 1 aliphatic heterocycles. The molecule has 1 amide bonds. The Balaban J connectivity index is 0.000000770. The van der Waals surface area contributed by atoms with Gasteiger partial charge in [-0.15, -0.1) is 0 Å². The van der Waals surface area contributed by atoms with Gasteiger partial charge in [-0.3, -0.25) is 4.90 Å². The molecule has 0 spiro atoms. The molecule has 0 radical (unpaired) electrons. The van der Waals surface area contributed by atoms with E-state index in [2.05, 4.69) is 4.74 Å². The summed E-state index contributed by atoms with van der Waals surface area (Å²) in [5, 5.41) is 0. The summed E-state index contributed by atoms with van der Waals surface area (Å²) in [5.41, 5.74) is -0.493. The highest BCUT2D eigenvalue weighted by molar-refractivity contribution is 5.74. The summed E-state index contributed by atoms with van der Waals surface area (Å²) in [6.07, 6.45) is 2.06. The Morgan fingerprint density at radius 3 is 2.29 bits per heavy atom. The predicted octanol–water partition coefficient (Wildman–Crippen LogP) is 1.85. The van der Waals surface area contributed by atoms with Crippen molar-refractivity contribution >= 4 is 12.4 Å². The van der Waals surface area contributed by atoms with Crippen LogP contribution in [0.15, 0.2) is 0 Å². The molecule has 0 aromatic heterocycles. The average Bonchev–Trinajstić information content (AvgIpc) is 2.63. The fraction of sp³-hybridized carbons (Fsp3) is 0.833. The molecular weight excluding hydrogens is 222 g/mol. The Hall–Kier alpha value is -1.10. The van der Waals surface area contributed by atoms with E-state index in [1.807, 2.05) is 20.8 Å². The molecule has 0 aromatic carbocycles. The lowest BCUT2D eigenvalue weighted by Crippen LogP contribution is -2.40. The number of rotatable bonds is 1. The van der Waals surface area contributed by atoms with Gasteiger partial charge in [0.05, 0.1) is 6.04 Å². The maximum absolute atomic E-state index is 11.6. The van der Waals surface area contributed by atoms with Gasteiger partial charge in [0, 0.05) is 20.8 Å². The normalized spacial score (nSPS) is 19.4. The standard InChI is InChI=1S/C10H17NO3.C2H6O/c1-10(2,3)14-9(13)11-6-4-5-8(11)7-12;1-3-2/h7-8H,4-6H2,1-3H3;1-2H3. The molecule has 100 valence electrons. The third kappa shape index (κ3) is 6.26. The fourth-order valence-electron chi connectivity index (χ4n) is 1.48. The second kappa shape index (κ2) is 7.27. The van der Waals surface area contributed by atoms with Crippen molar-refractivity contribution in [3.63, 3.8) is 0 Å². The molecule has 1 aliphatic rings. The van der Waals surface area contributed by atoms with Crippen molar-refractivity contribution in [2.24, 2.45) is 0 Å². The number of amides is 1. The number of aldehydes is 1. The molecule has 1 atom stereocenters. The van der Waals surface area contributed by atoms with E-state index in [9.17, 15) is 9.59 Å². The molecule has 5 nitrogen and oxygen atoms in total. The Morgan fingerprint density at radius 1 is 1.35 bits per heavy atom. The zero-order chi connectivity index (χ0) is 13.5. The third-order valence-corrected chi connectivity index (χ3v) is 2.08. The van der Waals surface area contributed by atoms with Gasteiger partial charge in [0.1, 0.15) is 11.9 Å². The van der Waals surface area contributed by atoms with Crippen LogP contribution in [0.4, 0.5) is 4.79 Å². The first-order valence-electron chi connectivity index (χ1n) is 5.70. The minimum Gasteiger partial charge on any atom is -0.444 e. The van der Waals surface area contributed by atoms with Gasteiger partial charge in [-0.05, 0) is 33.6 Å². The third-order valence-electron chi connectivity index (χ3n) is 2.08. The van der Waals surface area contributed by atoms with Crippen LogP contribution < -0.4 is 0 Å². The van der Waals surface area contributed by atoms with Crippen molar-refractivity contribution in [1.82, 2.24) is 4.90 Å². The van der Waals surface area contributed by atoms with Gasteiger partial charge in [-0.1, -0.05) is 0 Å². The smallest absolute Gasteiger partial charge is 0.410 e. The van der Waals surface area contributed by atoms with Gasteiger partial charge in [-0.2, -0.15) is 0 Å². The van der Waals surface area contributed by atoms with Crippen molar-refractivity contribution in [2.75, 3.05) is 20.8 Å². The van der Waals surface area contributed by atoms with E-state index in [0.29, 0.717) is 6.54 Å². The first-order chi connectivity index (χ1) is 7.85. The SMILES string of the molecule is CC(C)(C)OC(=O)N1CCCC1C=O.COC. The van der Waals surface area contributed by atoms with Gasteiger partial charge in [-0.25, -0.2) is 4.79 Å². The monoisotopic (exact) mass is 245 g/mol. The second-order valence-corrected chi connectivity index (χ2v) is 4.93. The number of hydrogen-bond acceptors (Lipinski definition) is 4. The largest absolute Gasteiger partial charge is 0.444 e. The predicted molar refractivity (Wildman–Crippen MR) is 65.0 cm³/mol. The van der Waals surface area contributed by atoms with Gasteiger partial charge in [0.15, 0.2) is 0 Å². The lowest BCUT2D eigenvalue weighted by Gasteiger charge is -2.26. The van der Waals surface area contributed by atoms with Gasteiger partial charge < -0.3 is 14.3 Å². The summed E-state index contributed by atoms with van der Waals surface area (Å²) >= 11 is 0. The average molecular weight is 245 g/mol. The van der Waals surface area contributed by atoms with Crippen LogP contribution in [0.2, 0.25) is 0 Å². The summed E-state index contributed by atoms with van der Waals surface area (Å²) < 4.78 is 9.43. The lowest BCUT2D eigenvalue weighted by atomic mass is 10.2. The van der Waals surface area contributed by atoms with Gasteiger partial charge in [0.25, 0.3) is 0 Å². The maximum atomic E-state index is 11.6. The molecular formula is C12H23NO4. The molecule has 1 unspecified atom stereocenters. The molecule has 1 saturated heterocycles. The van der Waals surface area contributed by atoms with Crippen molar-refractivity contribution in [3.05, 3.63) is 0 Å². The molecule has 0 N–H and O–H groups in total.